The number of hydrogen-bond donors (Lipinski definition) is 1. The predicted molar refractivity (Wildman–Crippen MR) is 113 cm³/mol. The summed E-state index contributed by atoms with van der Waals surface area (Å²) >= 11 is 0. The highest BCUT2D eigenvalue weighted by atomic mass is 15.0. The van der Waals surface area contributed by atoms with Crippen molar-refractivity contribution >= 4 is 10.9 Å². The van der Waals surface area contributed by atoms with Gasteiger partial charge in [-0.2, -0.15) is 0 Å². The van der Waals surface area contributed by atoms with E-state index in [0.29, 0.717) is 6.04 Å². The molecule has 1 N–H and O–H groups in total. The maximum absolute atomic E-state index is 4.54. The molecule has 0 bridgehead atoms. The average Bonchev–Trinajstić information content (AvgIpc) is 3.11. The lowest BCUT2D eigenvalue weighted by Gasteiger charge is -2.14. The topological polar surface area (TPSA) is 29.9 Å². The molecule has 1 atom stereocenters. The second kappa shape index (κ2) is 7.77. The number of fused-ring (bicyclic) bond motifs is 1. The molecule has 0 spiro atoms. The van der Waals surface area contributed by atoms with Crippen molar-refractivity contribution in [3.05, 3.63) is 90.1 Å². The number of pyridine rings is 1. The van der Waals surface area contributed by atoms with Crippen molar-refractivity contribution in [1.29, 1.82) is 0 Å². The van der Waals surface area contributed by atoms with Gasteiger partial charge < -0.3 is 9.88 Å². The number of aryl methyl sites for hydroxylation is 1. The zero-order valence-corrected chi connectivity index (χ0v) is 15.9. The molecule has 0 fully saturated rings. The van der Waals surface area contributed by atoms with Gasteiger partial charge in [-0.25, -0.2) is 0 Å². The van der Waals surface area contributed by atoms with Crippen molar-refractivity contribution in [2.24, 2.45) is 0 Å². The minimum atomic E-state index is 0.325. The number of nitrogens with zero attached hydrogens (tertiary/aromatic N) is 2. The Hall–Kier alpha value is -2.91. The van der Waals surface area contributed by atoms with Gasteiger partial charge in [0.15, 0.2) is 0 Å². The molecule has 0 aliphatic rings. The van der Waals surface area contributed by atoms with E-state index < -0.39 is 0 Å². The van der Waals surface area contributed by atoms with Gasteiger partial charge in [-0.05, 0) is 55.3 Å². The molecular weight excluding hydrogens is 330 g/mol. The van der Waals surface area contributed by atoms with Crippen molar-refractivity contribution in [1.82, 2.24) is 14.9 Å². The average molecular weight is 355 g/mol. The van der Waals surface area contributed by atoms with Crippen molar-refractivity contribution in [3.8, 4) is 11.4 Å². The van der Waals surface area contributed by atoms with E-state index in [-0.39, 0.29) is 0 Å². The lowest BCUT2D eigenvalue weighted by atomic mass is 10.1. The van der Waals surface area contributed by atoms with Crippen molar-refractivity contribution in [3.63, 3.8) is 0 Å². The van der Waals surface area contributed by atoms with Crippen LogP contribution in [0.3, 0.4) is 0 Å². The molecule has 3 heteroatoms. The maximum atomic E-state index is 4.54. The standard InChI is InChI=1S/C24H25N3/c1-3-27-23-13-12-19(17-26-18(2)20-9-5-4-6-10-20)15-21(23)16-24(27)22-11-7-8-14-25-22/h4-16,18,26H,3,17H2,1-2H3/t18-/m1/s1. The van der Waals surface area contributed by atoms with Crippen molar-refractivity contribution in [2.45, 2.75) is 33.0 Å². The number of aromatic nitrogens is 2. The molecule has 4 aromatic rings. The minimum absolute atomic E-state index is 0.325. The van der Waals surface area contributed by atoms with Gasteiger partial charge >= 0.3 is 0 Å². The van der Waals surface area contributed by atoms with Crippen molar-refractivity contribution in [2.75, 3.05) is 0 Å². The van der Waals surface area contributed by atoms with Gasteiger partial charge in [0.05, 0.1) is 11.4 Å². The normalized spacial score (nSPS) is 12.4. The summed E-state index contributed by atoms with van der Waals surface area (Å²) in [6, 6.07) is 26.0. The number of nitrogens with one attached hydrogen (secondary N) is 1. The van der Waals surface area contributed by atoms with E-state index in [2.05, 4.69) is 89.4 Å². The van der Waals surface area contributed by atoms with E-state index >= 15 is 0 Å². The summed E-state index contributed by atoms with van der Waals surface area (Å²) in [6.45, 7) is 6.17. The van der Waals surface area contributed by atoms with Crippen LogP contribution in [0.1, 0.15) is 31.0 Å². The summed E-state index contributed by atoms with van der Waals surface area (Å²) in [6.07, 6.45) is 1.85. The monoisotopic (exact) mass is 355 g/mol. The van der Waals surface area contributed by atoms with Crippen LogP contribution >= 0.6 is 0 Å². The SMILES string of the molecule is CCn1c(-c2ccccn2)cc2cc(CN[C@H](C)c3ccccc3)ccc21. The molecule has 0 aliphatic carbocycles. The fourth-order valence-corrected chi connectivity index (χ4v) is 3.63. The van der Waals surface area contributed by atoms with Crippen LogP contribution in [0, 0.1) is 0 Å². The van der Waals surface area contributed by atoms with Gasteiger partial charge in [0, 0.05) is 36.2 Å². The summed E-state index contributed by atoms with van der Waals surface area (Å²) in [5.74, 6) is 0. The first-order valence-corrected chi connectivity index (χ1v) is 9.58. The van der Waals surface area contributed by atoms with Gasteiger partial charge in [0.1, 0.15) is 0 Å². The molecule has 2 heterocycles. The van der Waals surface area contributed by atoms with E-state index in [1.165, 1.54) is 27.7 Å². The Balaban J connectivity index is 1.59. The van der Waals surface area contributed by atoms with Gasteiger partial charge in [-0.1, -0.05) is 42.5 Å². The lowest BCUT2D eigenvalue weighted by molar-refractivity contribution is 0.575. The molecule has 0 radical (unpaired) electrons. The number of benzene rings is 2. The lowest BCUT2D eigenvalue weighted by Crippen LogP contribution is -2.17. The van der Waals surface area contributed by atoms with Crippen molar-refractivity contribution < 1.29 is 0 Å². The Labute approximate surface area is 160 Å². The third-order valence-electron chi connectivity index (χ3n) is 5.12. The first kappa shape index (κ1) is 17.5. The third-order valence-corrected chi connectivity index (χ3v) is 5.12. The smallest absolute Gasteiger partial charge is 0.0866 e. The molecule has 2 aromatic carbocycles. The fourth-order valence-electron chi connectivity index (χ4n) is 3.63. The molecule has 0 amide bonds. The first-order chi connectivity index (χ1) is 13.3. The highest BCUT2D eigenvalue weighted by molar-refractivity contribution is 5.87. The van der Waals surface area contributed by atoms with Crippen LogP contribution in [-0.2, 0) is 13.1 Å². The summed E-state index contributed by atoms with van der Waals surface area (Å²) in [4.78, 5) is 4.54. The van der Waals surface area contributed by atoms with Gasteiger partial charge in [-0.3, -0.25) is 4.98 Å². The van der Waals surface area contributed by atoms with Gasteiger partial charge in [-0.15, -0.1) is 0 Å². The quantitative estimate of drug-likeness (QED) is 0.490. The van der Waals surface area contributed by atoms with Crippen LogP contribution in [0.4, 0.5) is 0 Å². The molecule has 27 heavy (non-hydrogen) atoms. The van der Waals surface area contributed by atoms with Gasteiger partial charge in [0.25, 0.3) is 0 Å². The Morgan fingerprint density at radius 2 is 1.78 bits per heavy atom. The fraction of sp³-hybridized carbons (Fsp3) is 0.208. The third kappa shape index (κ3) is 3.64. The Morgan fingerprint density at radius 1 is 0.963 bits per heavy atom. The summed E-state index contributed by atoms with van der Waals surface area (Å²) in [5.41, 5.74) is 6.07. The van der Waals surface area contributed by atoms with E-state index in [0.717, 1.165) is 18.8 Å². The molecule has 0 saturated heterocycles. The molecule has 0 unspecified atom stereocenters. The molecule has 0 aliphatic heterocycles. The highest BCUT2D eigenvalue weighted by Crippen LogP contribution is 2.28. The second-order valence-electron chi connectivity index (χ2n) is 6.90. The molecule has 2 aromatic heterocycles. The van der Waals surface area contributed by atoms with Crippen LogP contribution < -0.4 is 5.32 Å². The van der Waals surface area contributed by atoms with Crippen LogP contribution in [0.5, 0.6) is 0 Å². The summed E-state index contributed by atoms with van der Waals surface area (Å²) in [7, 11) is 0. The molecule has 136 valence electrons. The Bertz CT molecular complexity index is 1020. The van der Waals surface area contributed by atoms with Gasteiger partial charge in [0.2, 0.25) is 0 Å². The zero-order valence-electron chi connectivity index (χ0n) is 15.9. The largest absolute Gasteiger partial charge is 0.340 e. The van der Waals surface area contributed by atoms with Crippen LogP contribution in [0.25, 0.3) is 22.3 Å². The Morgan fingerprint density at radius 3 is 2.52 bits per heavy atom. The maximum Gasteiger partial charge on any atom is 0.0866 e. The van der Waals surface area contributed by atoms with Crippen LogP contribution in [0.2, 0.25) is 0 Å². The summed E-state index contributed by atoms with van der Waals surface area (Å²) in [5, 5.41) is 4.90. The molecule has 0 saturated carbocycles. The number of rotatable bonds is 6. The second-order valence-corrected chi connectivity index (χ2v) is 6.90. The highest BCUT2D eigenvalue weighted by Gasteiger charge is 2.11. The number of hydrogen-bond acceptors (Lipinski definition) is 2. The minimum Gasteiger partial charge on any atom is -0.340 e. The predicted octanol–water partition coefficient (Wildman–Crippen LogP) is 5.57. The zero-order chi connectivity index (χ0) is 18.6. The summed E-state index contributed by atoms with van der Waals surface area (Å²) < 4.78 is 2.33. The Kier molecular flexibility index (Phi) is 5.03. The first-order valence-electron chi connectivity index (χ1n) is 9.58. The van der Waals surface area contributed by atoms with Crippen LogP contribution in [0.15, 0.2) is 79.0 Å². The van der Waals surface area contributed by atoms with E-state index in [4.69, 9.17) is 0 Å². The van der Waals surface area contributed by atoms with E-state index in [1.807, 2.05) is 18.3 Å². The molecular formula is C24H25N3. The molecule has 3 nitrogen and oxygen atoms in total. The van der Waals surface area contributed by atoms with Crippen LogP contribution in [-0.4, -0.2) is 9.55 Å². The molecule has 4 rings (SSSR count). The van der Waals surface area contributed by atoms with E-state index in [9.17, 15) is 0 Å². The van der Waals surface area contributed by atoms with E-state index in [1.54, 1.807) is 0 Å².